The van der Waals surface area contributed by atoms with Gasteiger partial charge in [-0.3, -0.25) is 0 Å². The first-order chi connectivity index (χ1) is 11.0. The van der Waals surface area contributed by atoms with Crippen molar-refractivity contribution in [2.75, 3.05) is 0 Å². The number of rotatable bonds is 4. The lowest BCUT2D eigenvalue weighted by Crippen LogP contribution is -2.12. The lowest BCUT2D eigenvalue weighted by molar-refractivity contribution is 0.0692. The zero-order valence-corrected chi connectivity index (χ0v) is 12.4. The molecule has 5 nitrogen and oxygen atoms in total. The molecular formula is C18H14O5. The van der Waals surface area contributed by atoms with Gasteiger partial charge in [0.1, 0.15) is 23.5 Å². The smallest absolute Gasteiger partial charge is 0.351 e. The van der Waals surface area contributed by atoms with Crippen molar-refractivity contribution in [3.63, 3.8) is 0 Å². The fraction of sp³-hybridized carbons (Fsp3) is 0.111. The van der Waals surface area contributed by atoms with E-state index in [4.69, 9.17) is 14.3 Å². The topological polar surface area (TPSA) is 76.7 Å². The number of carboxylic acids is 1. The van der Waals surface area contributed by atoms with Gasteiger partial charge in [0.15, 0.2) is 0 Å². The minimum absolute atomic E-state index is 0.293. The van der Waals surface area contributed by atoms with E-state index in [1.165, 1.54) is 11.6 Å². The van der Waals surface area contributed by atoms with E-state index in [0.717, 1.165) is 5.56 Å². The number of aromatic carboxylic acids is 1. The standard InChI is InChI=1S/C18H14O5/c1-11-2-4-12(5-3-11)10-22-14-7-6-13-8-15(17(19)20)18(21)23-16(13)9-14/h2-9H,10H2,1H3,(H,19,20). The number of hydrogen-bond donors (Lipinski definition) is 1. The molecule has 1 N–H and O–H groups in total. The van der Waals surface area contributed by atoms with E-state index in [2.05, 4.69) is 0 Å². The number of benzene rings is 2. The summed E-state index contributed by atoms with van der Waals surface area (Å²) in [5, 5.41) is 9.46. The van der Waals surface area contributed by atoms with Gasteiger partial charge in [0.25, 0.3) is 0 Å². The van der Waals surface area contributed by atoms with Gasteiger partial charge in [-0.05, 0) is 30.7 Å². The number of hydrogen-bond acceptors (Lipinski definition) is 4. The fourth-order valence-corrected chi connectivity index (χ4v) is 2.18. The Kier molecular flexibility index (Phi) is 3.85. The van der Waals surface area contributed by atoms with Crippen molar-refractivity contribution >= 4 is 16.9 Å². The zero-order chi connectivity index (χ0) is 16.4. The second kappa shape index (κ2) is 5.96. The van der Waals surface area contributed by atoms with Gasteiger partial charge in [0.2, 0.25) is 0 Å². The molecule has 0 amide bonds. The highest BCUT2D eigenvalue weighted by Crippen LogP contribution is 2.21. The Labute approximate surface area is 131 Å². The van der Waals surface area contributed by atoms with Gasteiger partial charge >= 0.3 is 11.6 Å². The summed E-state index contributed by atoms with van der Waals surface area (Å²) in [6.07, 6.45) is 0. The minimum atomic E-state index is -1.31. The predicted molar refractivity (Wildman–Crippen MR) is 85.0 cm³/mol. The molecule has 0 fully saturated rings. The van der Waals surface area contributed by atoms with Crippen molar-refractivity contribution in [2.45, 2.75) is 13.5 Å². The summed E-state index contributed by atoms with van der Waals surface area (Å²) in [4.78, 5) is 22.5. The molecule has 3 rings (SSSR count). The molecule has 0 saturated heterocycles. The molecule has 0 aliphatic heterocycles. The van der Waals surface area contributed by atoms with Crippen molar-refractivity contribution in [3.8, 4) is 5.75 Å². The van der Waals surface area contributed by atoms with Crippen LogP contribution in [0.1, 0.15) is 21.5 Å². The molecule has 0 unspecified atom stereocenters. The summed E-state index contributed by atoms with van der Waals surface area (Å²) in [7, 11) is 0. The van der Waals surface area contributed by atoms with Crippen LogP contribution in [-0.2, 0) is 6.61 Å². The molecule has 3 aromatic rings. The third kappa shape index (κ3) is 3.23. The fourth-order valence-electron chi connectivity index (χ4n) is 2.18. The van der Waals surface area contributed by atoms with Crippen molar-refractivity contribution in [1.29, 1.82) is 0 Å². The highest BCUT2D eigenvalue weighted by Gasteiger charge is 2.12. The maximum atomic E-state index is 11.6. The van der Waals surface area contributed by atoms with Crippen molar-refractivity contribution in [2.24, 2.45) is 0 Å². The quantitative estimate of drug-likeness (QED) is 0.748. The van der Waals surface area contributed by atoms with Gasteiger partial charge < -0.3 is 14.3 Å². The van der Waals surface area contributed by atoms with Crippen LogP contribution in [0.15, 0.2) is 57.7 Å². The van der Waals surface area contributed by atoms with Gasteiger partial charge in [-0.15, -0.1) is 0 Å². The van der Waals surface area contributed by atoms with E-state index in [-0.39, 0.29) is 5.56 Å². The number of carbonyl (C=O) groups is 1. The predicted octanol–water partition coefficient (Wildman–Crippen LogP) is 3.38. The zero-order valence-electron chi connectivity index (χ0n) is 12.4. The number of aryl methyl sites for hydroxylation is 1. The Morgan fingerprint density at radius 2 is 1.87 bits per heavy atom. The molecular weight excluding hydrogens is 296 g/mol. The van der Waals surface area contributed by atoms with Crippen LogP contribution in [0.5, 0.6) is 5.75 Å². The first-order valence-electron chi connectivity index (χ1n) is 7.02. The average molecular weight is 310 g/mol. The summed E-state index contributed by atoms with van der Waals surface area (Å²) in [5.41, 5.74) is 1.24. The molecule has 5 heteroatoms. The molecule has 0 spiro atoms. The Bertz CT molecular complexity index is 922. The number of ether oxygens (including phenoxy) is 1. The molecule has 0 atom stereocenters. The third-order valence-electron chi connectivity index (χ3n) is 3.46. The van der Waals surface area contributed by atoms with Crippen LogP contribution in [-0.4, -0.2) is 11.1 Å². The Morgan fingerprint density at radius 3 is 2.57 bits per heavy atom. The van der Waals surface area contributed by atoms with Crippen LogP contribution in [0, 0.1) is 6.92 Å². The van der Waals surface area contributed by atoms with Gasteiger partial charge in [-0.1, -0.05) is 29.8 Å². The second-order valence-electron chi connectivity index (χ2n) is 5.23. The Hall–Kier alpha value is -3.08. The SMILES string of the molecule is Cc1ccc(COc2ccc3cc(C(=O)O)c(=O)oc3c2)cc1. The lowest BCUT2D eigenvalue weighted by atomic mass is 10.1. The molecule has 0 saturated carbocycles. The summed E-state index contributed by atoms with van der Waals surface area (Å²) < 4.78 is 10.7. The van der Waals surface area contributed by atoms with E-state index < -0.39 is 11.6 Å². The highest BCUT2D eigenvalue weighted by molar-refractivity contribution is 5.91. The average Bonchev–Trinajstić information content (AvgIpc) is 2.53. The first-order valence-corrected chi connectivity index (χ1v) is 7.02. The number of fused-ring (bicyclic) bond motifs is 1. The molecule has 1 aromatic heterocycles. The largest absolute Gasteiger partial charge is 0.489 e. The van der Waals surface area contributed by atoms with Crippen LogP contribution in [0.3, 0.4) is 0 Å². The molecule has 1 heterocycles. The van der Waals surface area contributed by atoms with Crippen molar-refractivity contribution in [3.05, 3.63) is 75.6 Å². The maximum Gasteiger partial charge on any atom is 0.351 e. The van der Waals surface area contributed by atoms with Crippen molar-refractivity contribution < 1.29 is 19.1 Å². The van der Waals surface area contributed by atoms with E-state index >= 15 is 0 Å². The highest BCUT2D eigenvalue weighted by atomic mass is 16.5. The second-order valence-corrected chi connectivity index (χ2v) is 5.23. The summed E-state index contributed by atoms with van der Waals surface area (Å²) in [6, 6.07) is 14.2. The third-order valence-corrected chi connectivity index (χ3v) is 3.46. The molecule has 23 heavy (non-hydrogen) atoms. The summed E-state index contributed by atoms with van der Waals surface area (Å²) in [5.74, 6) is -0.760. The number of carboxylic acid groups (broad SMARTS) is 1. The minimum Gasteiger partial charge on any atom is -0.489 e. The van der Waals surface area contributed by atoms with Gasteiger partial charge in [-0.2, -0.15) is 0 Å². The van der Waals surface area contributed by atoms with Gasteiger partial charge in [-0.25, -0.2) is 9.59 Å². The normalized spacial score (nSPS) is 10.7. The van der Waals surface area contributed by atoms with E-state index in [0.29, 0.717) is 23.3 Å². The molecule has 0 aliphatic rings. The lowest BCUT2D eigenvalue weighted by Gasteiger charge is -2.07. The summed E-state index contributed by atoms with van der Waals surface area (Å²) >= 11 is 0. The molecule has 0 bridgehead atoms. The van der Waals surface area contributed by atoms with Gasteiger partial charge in [0.05, 0.1) is 0 Å². The molecule has 0 radical (unpaired) electrons. The van der Waals surface area contributed by atoms with E-state index in [1.807, 2.05) is 31.2 Å². The van der Waals surface area contributed by atoms with Crippen LogP contribution in [0.25, 0.3) is 11.0 Å². The van der Waals surface area contributed by atoms with Crippen LogP contribution in [0.2, 0.25) is 0 Å². The van der Waals surface area contributed by atoms with E-state index in [9.17, 15) is 9.59 Å². The molecule has 116 valence electrons. The van der Waals surface area contributed by atoms with Crippen molar-refractivity contribution in [1.82, 2.24) is 0 Å². The Balaban J connectivity index is 1.85. The van der Waals surface area contributed by atoms with Crippen LogP contribution in [0.4, 0.5) is 0 Å². The molecule has 2 aromatic carbocycles. The van der Waals surface area contributed by atoms with Gasteiger partial charge in [0, 0.05) is 11.5 Å². The van der Waals surface area contributed by atoms with Crippen LogP contribution < -0.4 is 10.4 Å². The maximum absolute atomic E-state index is 11.6. The first kappa shape index (κ1) is 14.8. The Morgan fingerprint density at radius 1 is 1.13 bits per heavy atom. The van der Waals surface area contributed by atoms with E-state index in [1.54, 1.807) is 18.2 Å². The summed E-state index contributed by atoms with van der Waals surface area (Å²) in [6.45, 7) is 2.41. The molecule has 0 aliphatic carbocycles. The monoisotopic (exact) mass is 310 g/mol. The van der Waals surface area contributed by atoms with Crippen LogP contribution >= 0.6 is 0 Å².